The van der Waals surface area contributed by atoms with E-state index in [-0.39, 0.29) is 6.10 Å². The van der Waals surface area contributed by atoms with Crippen LogP contribution in [0.4, 0.5) is 5.95 Å². The summed E-state index contributed by atoms with van der Waals surface area (Å²) < 4.78 is 7.13. The second-order valence-electron chi connectivity index (χ2n) is 3.76. The third-order valence-electron chi connectivity index (χ3n) is 2.58. The van der Waals surface area contributed by atoms with Gasteiger partial charge in [0.1, 0.15) is 0 Å². The summed E-state index contributed by atoms with van der Waals surface area (Å²) in [6.45, 7) is 2.65. The molecule has 1 atom stereocenters. The molecule has 0 radical (unpaired) electrons. The highest BCUT2D eigenvalue weighted by Crippen LogP contribution is 2.22. The van der Waals surface area contributed by atoms with E-state index in [1.807, 2.05) is 23.6 Å². The number of hydrogen-bond donors (Lipinski definition) is 1. The first-order valence-corrected chi connectivity index (χ1v) is 5.43. The zero-order valence-electron chi connectivity index (χ0n) is 9.27. The van der Waals surface area contributed by atoms with Gasteiger partial charge in [-0.25, -0.2) is 4.98 Å². The molecule has 1 aromatic carbocycles. The fraction of sp³-hybridized carbons (Fsp3) is 0.364. The van der Waals surface area contributed by atoms with Crippen molar-refractivity contribution in [2.24, 2.45) is 0 Å². The Hall–Kier alpha value is -1.26. The molecule has 0 saturated carbocycles. The molecule has 2 aromatic rings. The number of anilines is 1. The standard InChI is InChI=1S/C11H14ClN3O/c1-7(16-2)6-15-10-5-8(12)3-4-9(10)14-11(15)13/h3-5,7H,6H2,1-2H3,(H2,13,14). The van der Waals surface area contributed by atoms with Crippen LogP contribution >= 0.6 is 11.6 Å². The third-order valence-corrected chi connectivity index (χ3v) is 2.82. The predicted octanol–water partition coefficient (Wildman–Crippen LogP) is 2.31. The van der Waals surface area contributed by atoms with Crippen LogP contribution in [0.3, 0.4) is 0 Å². The number of methoxy groups -OCH3 is 1. The number of hydrogen-bond acceptors (Lipinski definition) is 3. The normalized spacial score (nSPS) is 13.2. The molecule has 0 spiro atoms. The highest BCUT2D eigenvalue weighted by molar-refractivity contribution is 6.31. The Morgan fingerprint density at radius 1 is 1.56 bits per heavy atom. The van der Waals surface area contributed by atoms with E-state index >= 15 is 0 Å². The van der Waals surface area contributed by atoms with Gasteiger partial charge < -0.3 is 15.0 Å². The van der Waals surface area contributed by atoms with Crippen LogP contribution in [0.1, 0.15) is 6.92 Å². The summed E-state index contributed by atoms with van der Waals surface area (Å²) in [5, 5.41) is 0.679. The molecule has 0 bridgehead atoms. The van der Waals surface area contributed by atoms with Gasteiger partial charge in [-0.2, -0.15) is 0 Å². The Bertz CT molecular complexity index is 509. The molecule has 0 aliphatic carbocycles. The largest absolute Gasteiger partial charge is 0.380 e. The Morgan fingerprint density at radius 2 is 2.31 bits per heavy atom. The maximum absolute atomic E-state index is 5.96. The minimum Gasteiger partial charge on any atom is -0.380 e. The van der Waals surface area contributed by atoms with Gasteiger partial charge in [0.15, 0.2) is 0 Å². The average Bonchev–Trinajstić information content (AvgIpc) is 2.55. The molecule has 2 rings (SSSR count). The number of fused-ring (bicyclic) bond motifs is 1. The first kappa shape index (κ1) is 11.2. The van der Waals surface area contributed by atoms with Gasteiger partial charge in [-0.3, -0.25) is 0 Å². The van der Waals surface area contributed by atoms with Gasteiger partial charge in [0.05, 0.1) is 23.7 Å². The fourth-order valence-corrected chi connectivity index (χ4v) is 1.80. The van der Waals surface area contributed by atoms with Crippen molar-refractivity contribution in [2.75, 3.05) is 12.8 Å². The highest BCUT2D eigenvalue weighted by Gasteiger charge is 2.11. The van der Waals surface area contributed by atoms with Gasteiger partial charge in [-0.15, -0.1) is 0 Å². The average molecular weight is 240 g/mol. The van der Waals surface area contributed by atoms with Crippen molar-refractivity contribution < 1.29 is 4.74 Å². The minimum absolute atomic E-state index is 0.0821. The monoisotopic (exact) mass is 239 g/mol. The van der Waals surface area contributed by atoms with E-state index in [4.69, 9.17) is 22.1 Å². The Kier molecular flexibility index (Phi) is 3.03. The number of nitrogens with two attached hydrogens (primary N) is 1. The summed E-state index contributed by atoms with van der Waals surface area (Å²) >= 11 is 5.96. The maximum atomic E-state index is 5.96. The lowest BCUT2D eigenvalue weighted by molar-refractivity contribution is 0.105. The van der Waals surface area contributed by atoms with Crippen molar-refractivity contribution in [1.29, 1.82) is 0 Å². The molecule has 1 heterocycles. The van der Waals surface area contributed by atoms with Crippen LogP contribution in [0.25, 0.3) is 11.0 Å². The van der Waals surface area contributed by atoms with Crippen LogP contribution in [0.2, 0.25) is 5.02 Å². The predicted molar refractivity (Wildman–Crippen MR) is 65.6 cm³/mol. The lowest BCUT2D eigenvalue weighted by atomic mass is 10.3. The van der Waals surface area contributed by atoms with Crippen molar-refractivity contribution in [2.45, 2.75) is 19.6 Å². The van der Waals surface area contributed by atoms with E-state index in [1.54, 1.807) is 13.2 Å². The van der Waals surface area contributed by atoms with E-state index in [9.17, 15) is 0 Å². The molecule has 1 unspecified atom stereocenters. The Balaban J connectivity index is 2.50. The summed E-state index contributed by atoms with van der Waals surface area (Å²) in [6, 6.07) is 5.53. The molecule has 86 valence electrons. The molecule has 2 N–H and O–H groups in total. The van der Waals surface area contributed by atoms with Gasteiger partial charge in [0.2, 0.25) is 5.95 Å². The number of ether oxygens (including phenoxy) is 1. The molecule has 0 fully saturated rings. The number of rotatable bonds is 3. The number of nitrogens with zero attached hydrogens (tertiary/aromatic N) is 2. The summed E-state index contributed by atoms with van der Waals surface area (Å²) in [4.78, 5) is 4.27. The molecular weight excluding hydrogens is 226 g/mol. The van der Waals surface area contributed by atoms with Crippen molar-refractivity contribution >= 4 is 28.6 Å². The topological polar surface area (TPSA) is 53.1 Å². The number of benzene rings is 1. The molecule has 0 amide bonds. The van der Waals surface area contributed by atoms with Crippen molar-refractivity contribution in [1.82, 2.24) is 9.55 Å². The molecule has 0 saturated heterocycles. The lowest BCUT2D eigenvalue weighted by Gasteiger charge is -2.12. The van der Waals surface area contributed by atoms with Crippen LogP contribution in [0.15, 0.2) is 18.2 Å². The molecule has 5 heteroatoms. The van der Waals surface area contributed by atoms with Crippen LogP contribution in [-0.2, 0) is 11.3 Å². The number of imidazole rings is 1. The van der Waals surface area contributed by atoms with Crippen LogP contribution < -0.4 is 5.73 Å². The zero-order chi connectivity index (χ0) is 11.7. The maximum Gasteiger partial charge on any atom is 0.201 e. The summed E-state index contributed by atoms with van der Waals surface area (Å²) in [5.74, 6) is 0.487. The van der Waals surface area contributed by atoms with Gasteiger partial charge in [0, 0.05) is 12.1 Å². The van der Waals surface area contributed by atoms with E-state index in [0.717, 1.165) is 11.0 Å². The molecule has 0 aliphatic rings. The smallest absolute Gasteiger partial charge is 0.201 e. The van der Waals surface area contributed by atoms with Crippen LogP contribution in [0, 0.1) is 0 Å². The first-order chi connectivity index (χ1) is 7.61. The first-order valence-electron chi connectivity index (χ1n) is 5.06. The van der Waals surface area contributed by atoms with Gasteiger partial charge in [-0.05, 0) is 25.1 Å². The van der Waals surface area contributed by atoms with Crippen molar-refractivity contribution in [3.05, 3.63) is 23.2 Å². The van der Waals surface area contributed by atoms with Gasteiger partial charge in [-0.1, -0.05) is 11.6 Å². The van der Waals surface area contributed by atoms with E-state index < -0.39 is 0 Å². The fourth-order valence-electron chi connectivity index (χ4n) is 1.64. The molecular formula is C11H14ClN3O. The molecule has 0 aliphatic heterocycles. The SMILES string of the molecule is COC(C)Cn1c(N)nc2ccc(Cl)cc21. The van der Waals surface area contributed by atoms with E-state index in [1.165, 1.54) is 0 Å². The quantitative estimate of drug-likeness (QED) is 0.894. The van der Waals surface area contributed by atoms with E-state index in [0.29, 0.717) is 17.5 Å². The summed E-state index contributed by atoms with van der Waals surface area (Å²) in [5.41, 5.74) is 7.65. The second-order valence-corrected chi connectivity index (χ2v) is 4.20. The van der Waals surface area contributed by atoms with E-state index in [2.05, 4.69) is 4.98 Å². The Morgan fingerprint density at radius 3 is 3.00 bits per heavy atom. The zero-order valence-corrected chi connectivity index (χ0v) is 10.0. The third kappa shape index (κ3) is 1.99. The summed E-state index contributed by atoms with van der Waals surface area (Å²) in [7, 11) is 1.67. The van der Waals surface area contributed by atoms with Crippen molar-refractivity contribution in [3.63, 3.8) is 0 Å². The number of aromatic nitrogens is 2. The van der Waals surface area contributed by atoms with Crippen LogP contribution in [-0.4, -0.2) is 22.8 Å². The lowest BCUT2D eigenvalue weighted by Crippen LogP contribution is -2.16. The number of halogens is 1. The Labute approximate surface area is 99.0 Å². The molecule has 16 heavy (non-hydrogen) atoms. The van der Waals surface area contributed by atoms with Gasteiger partial charge >= 0.3 is 0 Å². The van der Waals surface area contributed by atoms with Crippen LogP contribution in [0.5, 0.6) is 0 Å². The minimum atomic E-state index is 0.0821. The summed E-state index contributed by atoms with van der Waals surface area (Å²) in [6.07, 6.45) is 0.0821. The number of nitrogen functional groups attached to an aromatic ring is 1. The van der Waals surface area contributed by atoms with Gasteiger partial charge in [0.25, 0.3) is 0 Å². The molecule has 4 nitrogen and oxygen atoms in total. The molecule has 1 aromatic heterocycles. The second kappa shape index (κ2) is 4.31. The highest BCUT2D eigenvalue weighted by atomic mass is 35.5. The van der Waals surface area contributed by atoms with Crippen molar-refractivity contribution in [3.8, 4) is 0 Å².